The predicted molar refractivity (Wildman–Crippen MR) is 85.4 cm³/mol. The Balaban J connectivity index is 1.64. The van der Waals surface area contributed by atoms with E-state index in [2.05, 4.69) is 5.32 Å². The lowest BCUT2D eigenvalue weighted by atomic mass is 9.93. The first-order chi connectivity index (χ1) is 12.3. The van der Waals surface area contributed by atoms with Crippen LogP contribution in [0.25, 0.3) is 0 Å². The zero-order valence-electron chi connectivity index (χ0n) is 14.0. The Morgan fingerprint density at radius 1 is 1.31 bits per heavy atom. The molecule has 1 heterocycles. The van der Waals surface area contributed by atoms with Gasteiger partial charge in [0.05, 0.1) is 12.2 Å². The minimum Gasteiger partial charge on any atom is -0.480 e. The SMILES string of the molecule is O=C(NC(C(=O)O)C1CCCOC1)C1CC1c1cccc(C(F)(F)F)c1. The molecule has 1 aliphatic heterocycles. The van der Waals surface area contributed by atoms with Crippen molar-refractivity contribution < 1.29 is 32.6 Å². The van der Waals surface area contributed by atoms with E-state index >= 15 is 0 Å². The summed E-state index contributed by atoms with van der Waals surface area (Å²) in [5.41, 5.74) is -0.295. The number of aliphatic carboxylic acids is 1. The van der Waals surface area contributed by atoms with Gasteiger partial charge in [-0.05, 0) is 36.8 Å². The summed E-state index contributed by atoms with van der Waals surface area (Å²) in [5, 5.41) is 11.9. The Morgan fingerprint density at radius 2 is 2.08 bits per heavy atom. The van der Waals surface area contributed by atoms with Gasteiger partial charge in [-0.2, -0.15) is 13.2 Å². The monoisotopic (exact) mass is 371 g/mol. The number of hydrogen-bond acceptors (Lipinski definition) is 3. The molecular formula is C18H20F3NO4. The van der Waals surface area contributed by atoms with Crippen molar-refractivity contribution in [3.8, 4) is 0 Å². The summed E-state index contributed by atoms with van der Waals surface area (Å²) in [6.45, 7) is 0.857. The van der Waals surface area contributed by atoms with Crippen molar-refractivity contribution in [3.05, 3.63) is 35.4 Å². The Kier molecular flexibility index (Phi) is 5.22. The van der Waals surface area contributed by atoms with Crippen LogP contribution in [0.3, 0.4) is 0 Å². The normalized spacial score (nSPS) is 26.8. The van der Waals surface area contributed by atoms with E-state index in [1.807, 2.05) is 0 Å². The molecule has 1 aromatic rings. The summed E-state index contributed by atoms with van der Waals surface area (Å²) in [6, 6.07) is 3.90. The second kappa shape index (κ2) is 7.26. The summed E-state index contributed by atoms with van der Waals surface area (Å²) in [6.07, 6.45) is -2.63. The van der Waals surface area contributed by atoms with Gasteiger partial charge in [-0.1, -0.05) is 18.2 Å². The zero-order chi connectivity index (χ0) is 18.9. The number of ether oxygens (including phenoxy) is 1. The standard InChI is InChI=1S/C18H20F3NO4/c19-18(20,21)12-5-1-3-10(7-12)13-8-14(13)16(23)22-15(17(24)25)11-4-2-6-26-9-11/h1,3,5,7,11,13-15H,2,4,6,8-9H2,(H,22,23)(H,24,25). The number of carboxylic acids is 1. The fraction of sp³-hybridized carbons (Fsp3) is 0.556. The number of nitrogens with one attached hydrogen (secondary N) is 1. The molecule has 142 valence electrons. The van der Waals surface area contributed by atoms with Gasteiger partial charge in [-0.3, -0.25) is 4.79 Å². The number of alkyl halides is 3. The highest BCUT2D eigenvalue weighted by Gasteiger charge is 2.46. The number of rotatable bonds is 5. The summed E-state index contributed by atoms with van der Waals surface area (Å²) in [7, 11) is 0. The first-order valence-corrected chi connectivity index (χ1v) is 8.55. The number of carboxylic acid groups (broad SMARTS) is 1. The van der Waals surface area contributed by atoms with Gasteiger partial charge in [0, 0.05) is 18.4 Å². The maximum Gasteiger partial charge on any atom is 0.416 e. The number of hydrogen-bond donors (Lipinski definition) is 2. The Bertz CT molecular complexity index is 685. The molecule has 0 spiro atoms. The molecule has 1 amide bonds. The van der Waals surface area contributed by atoms with Crippen molar-refractivity contribution in [2.45, 2.75) is 37.4 Å². The van der Waals surface area contributed by atoms with Gasteiger partial charge >= 0.3 is 12.1 Å². The highest BCUT2D eigenvalue weighted by atomic mass is 19.4. The minimum absolute atomic E-state index is 0.277. The maximum absolute atomic E-state index is 12.8. The fourth-order valence-corrected chi connectivity index (χ4v) is 3.47. The van der Waals surface area contributed by atoms with Crippen molar-refractivity contribution in [2.24, 2.45) is 11.8 Å². The van der Waals surface area contributed by atoms with Crippen LogP contribution < -0.4 is 5.32 Å². The number of amides is 1. The van der Waals surface area contributed by atoms with Gasteiger partial charge in [0.2, 0.25) is 5.91 Å². The lowest BCUT2D eigenvalue weighted by Crippen LogP contribution is -2.49. The van der Waals surface area contributed by atoms with Crippen LogP contribution in [-0.2, 0) is 20.5 Å². The molecule has 1 saturated carbocycles. The number of benzene rings is 1. The highest BCUT2D eigenvalue weighted by molar-refractivity contribution is 5.87. The molecule has 4 unspecified atom stereocenters. The predicted octanol–water partition coefficient (Wildman–Crippen LogP) is 2.80. The quantitative estimate of drug-likeness (QED) is 0.835. The summed E-state index contributed by atoms with van der Waals surface area (Å²) in [5.74, 6) is -2.65. The second-order valence-electron chi connectivity index (χ2n) is 6.87. The van der Waals surface area contributed by atoms with Crippen molar-refractivity contribution >= 4 is 11.9 Å². The third-order valence-electron chi connectivity index (χ3n) is 5.00. The molecule has 0 bridgehead atoms. The molecule has 2 aliphatic rings. The van der Waals surface area contributed by atoms with E-state index in [4.69, 9.17) is 4.74 Å². The van der Waals surface area contributed by atoms with Crippen LogP contribution in [0.1, 0.15) is 36.3 Å². The van der Waals surface area contributed by atoms with Gasteiger partial charge in [-0.15, -0.1) is 0 Å². The number of halogens is 3. The summed E-state index contributed by atoms with van der Waals surface area (Å²) >= 11 is 0. The molecule has 3 rings (SSSR count). The van der Waals surface area contributed by atoms with Crippen molar-refractivity contribution in [2.75, 3.05) is 13.2 Å². The molecule has 26 heavy (non-hydrogen) atoms. The number of carbonyl (C=O) groups is 2. The van der Waals surface area contributed by atoms with E-state index in [0.29, 0.717) is 25.0 Å². The van der Waals surface area contributed by atoms with Gasteiger partial charge in [0.25, 0.3) is 0 Å². The average molecular weight is 371 g/mol. The molecule has 8 heteroatoms. The van der Waals surface area contributed by atoms with Crippen LogP contribution in [0.2, 0.25) is 0 Å². The lowest BCUT2D eigenvalue weighted by molar-refractivity contribution is -0.145. The molecule has 2 N–H and O–H groups in total. The second-order valence-corrected chi connectivity index (χ2v) is 6.87. The van der Waals surface area contributed by atoms with Gasteiger partial charge < -0.3 is 15.2 Å². The smallest absolute Gasteiger partial charge is 0.416 e. The topological polar surface area (TPSA) is 75.6 Å². The molecule has 4 atom stereocenters. The average Bonchev–Trinajstić information content (AvgIpc) is 3.40. The largest absolute Gasteiger partial charge is 0.480 e. The van der Waals surface area contributed by atoms with E-state index in [-0.39, 0.29) is 18.4 Å². The van der Waals surface area contributed by atoms with Crippen LogP contribution in [0.5, 0.6) is 0 Å². The molecule has 1 aliphatic carbocycles. The Hall–Kier alpha value is -2.09. The minimum atomic E-state index is -4.43. The molecule has 1 aromatic carbocycles. The first kappa shape index (κ1) is 18.7. The van der Waals surface area contributed by atoms with Gasteiger partial charge in [-0.25, -0.2) is 4.79 Å². The van der Waals surface area contributed by atoms with E-state index in [1.165, 1.54) is 6.07 Å². The van der Waals surface area contributed by atoms with E-state index in [9.17, 15) is 27.9 Å². The zero-order valence-corrected chi connectivity index (χ0v) is 14.0. The van der Waals surface area contributed by atoms with Crippen molar-refractivity contribution in [1.82, 2.24) is 5.32 Å². The van der Waals surface area contributed by atoms with Crippen LogP contribution in [0.4, 0.5) is 13.2 Å². The van der Waals surface area contributed by atoms with E-state index < -0.39 is 35.6 Å². The van der Waals surface area contributed by atoms with E-state index in [0.717, 1.165) is 18.6 Å². The Morgan fingerprint density at radius 3 is 2.69 bits per heavy atom. The maximum atomic E-state index is 12.8. The molecule has 1 saturated heterocycles. The van der Waals surface area contributed by atoms with Gasteiger partial charge in [0.15, 0.2) is 0 Å². The summed E-state index contributed by atoms with van der Waals surface area (Å²) in [4.78, 5) is 23.9. The highest BCUT2D eigenvalue weighted by Crippen LogP contribution is 2.48. The third-order valence-corrected chi connectivity index (χ3v) is 5.00. The van der Waals surface area contributed by atoms with E-state index in [1.54, 1.807) is 6.07 Å². The molecule has 0 aromatic heterocycles. The van der Waals surface area contributed by atoms with Crippen LogP contribution in [-0.4, -0.2) is 36.2 Å². The Labute approximate surface area is 148 Å². The lowest BCUT2D eigenvalue weighted by Gasteiger charge is -2.28. The first-order valence-electron chi connectivity index (χ1n) is 8.55. The third kappa shape index (κ3) is 4.17. The van der Waals surface area contributed by atoms with Gasteiger partial charge in [0.1, 0.15) is 6.04 Å². The van der Waals surface area contributed by atoms with Crippen LogP contribution >= 0.6 is 0 Å². The molecule has 0 radical (unpaired) electrons. The molecule has 5 nitrogen and oxygen atoms in total. The van der Waals surface area contributed by atoms with Crippen LogP contribution in [0, 0.1) is 11.8 Å². The summed E-state index contributed by atoms with van der Waals surface area (Å²) < 4.78 is 43.7. The molecule has 2 fully saturated rings. The van der Waals surface area contributed by atoms with Crippen LogP contribution in [0.15, 0.2) is 24.3 Å². The van der Waals surface area contributed by atoms with Crippen molar-refractivity contribution in [1.29, 1.82) is 0 Å². The fourth-order valence-electron chi connectivity index (χ4n) is 3.47. The van der Waals surface area contributed by atoms with Crippen molar-refractivity contribution in [3.63, 3.8) is 0 Å². The number of carbonyl (C=O) groups excluding carboxylic acids is 1. The molecular weight excluding hydrogens is 351 g/mol.